The van der Waals surface area contributed by atoms with Gasteiger partial charge < -0.3 is 14.9 Å². The molecule has 0 bridgehead atoms. The molecule has 1 rings (SSSR count). The summed E-state index contributed by atoms with van der Waals surface area (Å²) in [6.45, 7) is 11.6. The summed E-state index contributed by atoms with van der Waals surface area (Å²) in [4.78, 5) is 4.85. The third-order valence-corrected chi connectivity index (χ3v) is 2.92. The quantitative estimate of drug-likeness (QED) is 0.644. The summed E-state index contributed by atoms with van der Waals surface area (Å²) in [5.74, 6) is 0.553. The lowest BCUT2D eigenvalue weighted by Crippen LogP contribution is -2.50. The van der Waals surface area contributed by atoms with E-state index >= 15 is 0 Å². The van der Waals surface area contributed by atoms with Gasteiger partial charge in [0.1, 0.15) is 0 Å². The minimum atomic E-state index is 0.363. The molecule has 0 radical (unpaired) electrons. The molecule has 1 heterocycles. The lowest BCUT2D eigenvalue weighted by molar-refractivity contribution is 0.0466. The minimum Gasteiger partial charge on any atom is -0.396 e. The molecule has 0 aliphatic carbocycles. The first-order chi connectivity index (χ1) is 6.30. The van der Waals surface area contributed by atoms with Gasteiger partial charge >= 0.3 is 0 Å². The van der Waals surface area contributed by atoms with Crippen molar-refractivity contribution in [2.75, 3.05) is 45.9 Å². The molecule has 1 saturated heterocycles. The Morgan fingerprint density at radius 1 is 1.31 bits per heavy atom. The third kappa shape index (κ3) is 3.25. The Balaban J connectivity index is 2.01. The summed E-state index contributed by atoms with van der Waals surface area (Å²) in [5.41, 5.74) is 0. The molecule has 1 N–H and O–H groups in total. The molecule has 0 amide bonds. The largest absolute Gasteiger partial charge is 0.396 e. The molecular weight excluding hydrogens is 164 g/mol. The maximum atomic E-state index is 8.84. The molecule has 0 spiro atoms. The zero-order valence-electron chi connectivity index (χ0n) is 8.87. The van der Waals surface area contributed by atoms with Crippen molar-refractivity contribution < 1.29 is 5.11 Å². The van der Waals surface area contributed by atoms with Gasteiger partial charge in [-0.1, -0.05) is 13.8 Å². The van der Waals surface area contributed by atoms with Crippen LogP contribution in [0.25, 0.3) is 0 Å². The van der Waals surface area contributed by atoms with Crippen LogP contribution in [0.5, 0.6) is 0 Å². The molecule has 3 nitrogen and oxygen atoms in total. The molecule has 0 unspecified atom stereocenters. The fourth-order valence-corrected chi connectivity index (χ4v) is 1.80. The zero-order chi connectivity index (χ0) is 9.68. The molecule has 1 aliphatic rings. The van der Waals surface area contributed by atoms with Crippen molar-refractivity contribution in [3.63, 3.8) is 0 Å². The van der Waals surface area contributed by atoms with E-state index in [1.54, 1.807) is 0 Å². The summed E-state index contributed by atoms with van der Waals surface area (Å²) in [7, 11) is 0. The smallest absolute Gasteiger partial charge is 0.0483 e. The van der Waals surface area contributed by atoms with E-state index in [1.807, 2.05) is 0 Å². The van der Waals surface area contributed by atoms with Crippen molar-refractivity contribution in [1.82, 2.24) is 9.80 Å². The average molecular weight is 186 g/mol. The summed E-state index contributed by atoms with van der Waals surface area (Å²) in [6, 6.07) is 0. The predicted molar refractivity (Wildman–Crippen MR) is 54.8 cm³/mol. The van der Waals surface area contributed by atoms with E-state index in [-0.39, 0.29) is 0 Å². The second kappa shape index (κ2) is 5.58. The fraction of sp³-hybridized carbons (Fsp3) is 1.00. The Kier molecular flexibility index (Phi) is 4.70. The van der Waals surface area contributed by atoms with Crippen LogP contribution in [-0.2, 0) is 0 Å². The summed E-state index contributed by atoms with van der Waals surface area (Å²) >= 11 is 0. The maximum absolute atomic E-state index is 8.84. The van der Waals surface area contributed by atoms with Crippen molar-refractivity contribution in [3.8, 4) is 0 Å². The zero-order valence-corrected chi connectivity index (χ0v) is 8.87. The Hall–Kier alpha value is -0.120. The Morgan fingerprint density at radius 3 is 2.38 bits per heavy atom. The van der Waals surface area contributed by atoms with Crippen molar-refractivity contribution >= 4 is 0 Å². The van der Waals surface area contributed by atoms with Gasteiger partial charge in [0.05, 0.1) is 0 Å². The highest BCUT2D eigenvalue weighted by molar-refractivity contribution is 4.79. The van der Waals surface area contributed by atoms with Crippen molar-refractivity contribution in [2.45, 2.75) is 13.8 Å². The Morgan fingerprint density at radius 2 is 1.92 bits per heavy atom. The fourth-order valence-electron chi connectivity index (χ4n) is 1.80. The van der Waals surface area contributed by atoms with Crippen LogP contribution in [-0.4, -0.2) is 60.8 Å². The minimum absolute atomic E-state index is 0.363. The predicted octanol–water partition coefficient (Wildman–Crippen LogP) is 0.252. The van der Waals surface area contributed by atoms with E-state index in [4.69, 9.17) is 5.11 Å². The molecule has 1 fully saturated rings. The first-order valence-electron chi connectivity index (χ1n) is 5.35. The van der Waals surface area contributed by atoms with Gasteiger partial charge in [-0.2, -0.15) is 0 Å². The average Bonchev–Trinajstić information content (AvgIpc) is 2.09. The Labute approximate surface area is 81.3 Å². The van der Waals surface area contributed by atoms with Gasteiger partial charge in [-0.05, 0) is 13.1 Å². The van der Waals surface area contributed by atoms with Crippen LogP contribution in [0.2, 0.25) is 0 Å². The normalized spacial score (nSPS) is 19.4. The maximum Gasteiger partial charge on any atom is 0.0483 e. The SMILES string of the molecule is CCN(CC)CCN1CC(CO)C1. The van der Waals surface area contributed by atoms with E-state index in [0.29, 0.717) is 12.5 Å². The summed E-state index contributed by atoms with van der Waals surface area (Å²) in [6.07, 6.45) is 0. The van der Waals surface area contributed by atoms with Gasteiger partial charge in [0.2, 0.25) is 0 Å². The lowest BCUT2D eigenvalue weighted by Gasteiger charge is -2.39. The van der Waals surface area contributed by atoms with Crippen LogP contribution < -0.4 is 0 Å². The van der Waals surface area contributed by atoms with Gasteiger partial charge in [0, 0.05) is 38.7 Å². The van der Waals surface area contributed by atoms with Crippen molar-refractivity contribution in [1.29, 1.82) is 0 Å². The van der Waals surface area contributed by atoms with Gasteiger partial charge in [0.25, 0.3) is 0 Å². The van der Waals surface area contributed by atoms with Gasteiger partial charge in [-0.25, -0.2) is 0 Å². The number of aliphatic hydroxyl groups excluding tert-OH is 1. The molecule has 3 heteroatoms. The number of likely N-dealkylation sites (N-methyl/N-ethyl adjacent to an activating group) is 1. The number of nitrogens with zero attached hydrogens (tertiary/aromatic N) is 2. The van der Waals surface area contributed by atoms with Crippen LogP contribution >= 0.6 is 0 Å². The van der Waals surface area contributed by atoms with Crippen LogP contribution in [0.1, 0.15) is 13.8 Å². The van der Waals surface area contributed by atoms with E-state index in [0.717, 1.165) is 32.7 Å². The molecule has 0 aromatic heterocycles. The van der Waals surface area contributed by atoms with Gasteiger partial charge in [-0.3, -0.25) is 0 Å². The molecule has 78 valence electrons. The van der Waals surface area contributed by atoms with Crippen molar-refractivity contribution in [3.05, 3.63) is 0 Å². The molecule has 0 aromatic rings. The molecule has 0 atom stereocenters. The summed E-state index contributed by atoms with van der Waals surface area (Å²) in [5, 5.41) is 8.84. The molecular formula is C10H22N2O. The second-order valence-electron chi connectivity index (χ2n) is 3.84. The monoisotopic (exact) mass is 186 g/mol. The lowest BCUT2D eigenvalue weighted by atomic mass is 10.0. The molecule has 1 aliphatic heterocycles. The van der Waals surface area contributed by atoms with E-state index in [9.17, 15) is 0 Å². The van der Waals surface area contributed by atoms with E-state index in [2.05, 4.69) is 23.6 Å². The van der Waals surface area contributed by atoms with Crippen LogP contribution in [0.15, 0.2) is 0 Å². The first-order valence-corrected chi connectivity index (χ1v) is 5.35. The first kappa shape index (κ1) is 11.0. The highest BCUT2D eigenvalue weighted by atomic mass is 16.3. The second-order valence-corrected chi connectivity index (χ2v) is 3.84. The van der Waals surface area contributed by atoms with Crippen LogP contribution in [0.4, 0.5) is 0 Å². The van der Waals surface area contributed by atoms with E-state index < -0.39 is 0 Å². The summed E-state index contributed by atoms with van der Waals surface area (Å²) < 4.78 is 0. The topological polar surface area (TPSA) is 26.7 Å². The van der Waals surface area contributed by atoms with Gasteiger partial charge in [-0.15, -0.1) is 0 Å². The van der Waals surface area contributed by atoms with Gasteiger partial charge in [0.15, 0.2) is 0 Å². The van der Waals surface area contributed by atoms with Crippen molar-refractivity contribution in [2.24, 2.45) is 5.92 Å². The van der Waals surface area contributed by atoms with E-state index in [1.165, 1.54) is 6.54 Å². The molecule has 13 heavy (non-hydrogen) atoms. The Bertz CT molecular complexity index is 131. The number of likely N-dealkylation sites (tertiary alicyclic amines) is 1. The molecule has 0 saturated carbocycles. The highest BCUT2D eigenvalue weighted by Gasteiger charge is 2.25. The standard InChI is InChI=1S/C10H22N2O/c1-3-11(4-2)5-6-12-7-10(8-12)9-13/h10,13H,3-9H2,1-2H3. The number of hydrogen-bond acceptors (Lipinski definition) is 3. The van der Waals surface area contributed by atoms with Crippen LogP contribution in [0.3, 0.4) is 0 Å². The molecule has 0 aromatic carbocycles. The highest BCUT2D eigenvalue weighted by Crippen LogP contribution is 2.13. The number of rotatable bonds is 6. The van der Waals surface area contributed by atoms with Crippen LogP contribution in [0, 0.1) is 5.92 Å². The number of aliphatic hydroxyl groups is 1. The number of hydrogen-bond donors (Lipinski definition) is 1. The third-order valence-electron chi connectivity index (χ3n) is 2.92.